The van der Waals surface area contributed by atoms with Gasteiger partial charge in [0, 0.05) is 5.69 Å². The molecular weight excluding hydrogens is 335 g/mol. The quantitative estimate of drug-likeness (QED) is 0.632. The third-order valence-electron chi connectivity index (χ3n) is 2.99. The minimum Gasteiger partial charge on any atom is -0.505 e. The number of benzene rings is 2. The zero-order valence-electron chi connectivity index (χ0n) is 12.1. The lowest BCUT2D eigenvalue weighted by molar-refractivity contribution is -0.112. The monoisotopic (exact) mass is 346 g/mol. The minimum absolute atomic E-state index is 0.0418. The highest BCUT2D eigenvalue weighted by Crippen LogP contribution is 2.33. The second-order valence-corrected chi connectivity index (χ2v) is 5.64. The lowest BCUT2D eigenvalue weighted by Gasteiger charge is -2.06. The van der Waals surface area contributed by atoms with E-state index in [1.54, 1.807) is 18.2 Å². The Morgan fingerprint density at radius 1 is 1.26 bits per heavy atom. The highest BCUT2D eigenvalue weighted by Gasteiger charge is 2.11. The Balaban J connectivity index is 2.28. The molecule has 0 saturated heterocycles. The van der Waals surface area contributed by atoms with Crippen LogP contribution in [0.25, 0.3) is 6.08 Å². The van der Waals surface area contributed by atoms with E-state index in [-0.39, 0.29) is 21.4 Å². The molecule has 0 aliphatic rings. The summed E-state index contributed by atoms with van der Waals surface area (Å²) in [5, 5.41) is 21.4. The second kappa shape index (κ2) is 7.19. The van der Waals surface area contributed by atoms with Crippen molar-refractivity contribution in [2.45, 2.75) is 6.92 Å². The summed E-state index contributed by atoms with van der Waals surface area (Å²) in [4.78, 5) is 12.2. The summed E-state index contributed by atoms with van der Waals surface area (Å²) in [5.41, 5.74) is 1.92. The van der Waals surface area contributed by atoms with Gasteiger partial charge in [0.2, 0.25) is 0 Å². The Morgan fingerprint density at radius 2 is 1.91 bits per heavy atom. The summed E-state index contributed by atoms with van der Waals surface area (Å²) in [6, 6.07) is 11.9. The largest absolute Gasteiger partial charge is 0.505 e. The first kappa shape index (κ1) is 16.9. The van der Waals surface area contributed by atoms with Crippen LogP contribution in [0.4, 0.5) is 5.69 Å². The van der Waals surface area contributed by atoms with E-state index in [4.69, 9.17) is 23.2 Å². The zero-order chi connectivity index (χ0) is 17.0. The predicted molar refractivity (Wildman–Crippen MR) is 91.5 cm³/mol. The van der Waals surface area contributed by atoms with Gasteiger partial charge in [0.1, 0.15) is 11.6 Å². The predicted octanol–water partition coefficient (Wildman–Crippen LogP) is 4.55. The van der Waals surface area contributed by atoms with Crippen molar-refractivity contribution in [2.75, 3.05) is 5.32 Å². The molecule has 0 unspecified atom stereocenters. The number of hydrogen-bond acceptors (Lipinski definition) is 3. The number of nitriles is 1. The molecule has 0 aliphatic carbocycles. The van der Waals surface area contributed by atoms with E-state index in [0.717, 1.165) is 5.56 Å². The van der Waals surface area contributed by atoms with Gasteiger partial charge in [-0.05, 0) is 48.4 Å². The average Bonchev–Trinajstić information content (AvgIpc) is 2.50. The Hall–Kier alpha value is -2.48. The Kier molecular flexibility index (Phi) is 5.28. The van der Waals surface area contributed by atoms with Crippen LogP contribution in [0.15, 0.2) is 42.0 Å². The maximum absolute atomic E-state index is 12.2. The highest BCUT2D eigenvalue weighted by molar-refractivity contribution is 6.37. The number of carbonyl (C=O) groups excluding carboxylic acids is 1. The lowest BCUT2D eigenvalue weighted by atomic mass is 10.1. The van der Waals surface area contributed by atoms with Gasteiger partial charge < -0.3 is 10.4 Å². The molecule has 0 spiro atoms. The van der Waals surface area contributed by atoms with E-state index in [0.29, 0.717) is 11.3 Å². The van der Waals surface area contributed by atoms with Crippen molar-refractivity contribution in [3.05, 3.63) is 63.1 Å². The molecule has 0 fully saturated rings. The fourth-order valence-electron chi connectivity index (χ4n) is 1.90. The van der Waals surface area contributed by atoms with Gasteiger partial charge >= 0.3 is 0 Å². The number of nitrogens with one attached hydrogen (secondary N) is 1. The van der Waals surface area contributed by atoms with Crippen molar-refractivity contribution in [2.24, 2.45) is 0 Å². The molecule has 0 atom stereocenters. The second-order valence-electron chi connectivity index (χ2n) is 4.83. The Morgan fingerprint density at radius 3 is 2.48 bits per heavy atom. The number of halogens is 2. The molecule has 0 aromatic heterocycles. The van der Waals surface area contributed by atoms with Crippen LogP contribution in [-0.2, 0) is 4.79 Å². The number of nitrogens with zero attached hydrogens (tertiary/aromatic N) is 1. The first-order valence-electron chi connectivity index (χ1n) is 6.58. The van der Waals surface area contributed by atoms with Crippen molar-refractivity contribution in [3.63, 3.8) is 0 Å². The van der Waals surface area contributed by atoms with Crippen LogP contribution in [0.1, 0.15) is 11.1 Å². The number of rotatable bonds is 3. The maximum Gasteiger partial charge on any atom is 0.266 e. The molecule has 0 heterocycles. The van der Waals surface area contributed by atoms with E-state index in [1.807, 2.05) is 19.1 Å². The molecule has 23 heavy (non-hydrogen) atoms. The molecule has 2 N–H and O–H groups in total. The number of phenolic OH excluding ortho intramolecular Hbond substituents is 1. The van der Waals surface area contributed by atoms with Crippen LogP contribution in [0.5, 0.6) is 5.75 Å². The van der Waals surface area contributed by atoms with Crippen LogP contribution in [0.2, 0.25) is 10.0 Å². The van der Waals surface area contributed by atoms with Crippen LogP contribution in [0.3, 0.4) is 0 Å². The molecule has 2 aromatic carbocycles. The first-order chi connectivity index (χ1) is 10.9. The highest BCUT2D eigenvalue weighted by atomic mass is 35.5. The third kappa shape index (κ3) is 4.26. The number of carbonyl (C=O) groups is 1. The lowest BCUT2D eigenvalue weighted by Crippen LogP contribution is -2.13. The molecule has 6 heteroatoms. The molecule has 4 nitrogen and oxygen atoms in total. The van der Waals surface area contributed by atoms with E-state index < -0.39 is 5.91 Å². The summed E-state index contributed by atoms with van der Waals surface area (Å²) in [5.74, 6) is -0.786. The van der Waals surface area contributed by atoms with E-state index in [1.165, 1.54) is 18.2 Å². The number of phenols is 1. The summed E-state index contributed by atoms with van der Waals surface area (Å²) >= 11 is 11.7. The van der Waals surface area contributed by atoms with Gasteiger partial charge in [0.25, 0.3) is 5.91 Å². The van der Waals surface area contributed by atoms with Crippen molar-refractivity contribution < 1.29 is 9.90 Å². The maximum atomic E-state index is 12.2. The molecule has 116 valence electrons. The number of aryl methyl sites for hydroxylation is 1. The average molecular weight is 347 g/mol. The van der Waals surface area contributed by atoms with Crippen LogP contribution in [0, 0.1) is 18.3 Å². The zero-order valence-corrected chi connectivity index (χ0v) is 13.6. The van der Waals surface area contributed by atoms with Crippen molar-refractivity contribution in [1.29, 1.82) is 5.26 Å². The van der Waals surface area contributed by atoms with Crippen molar-refractivity contribution in [1.82, 2.24) is 0 Å². The van der Waals surface area contributed by atoms with Crippen LogP contribution >= 0.6 is 23.2 Å². The summed E-state index contributed by atoms with van der Waals surface area (Å²) < 4.78 is 0. The van der Waals surface area contributed by atoms with Crippen LogP contribution in [-0.4, -0.2) is 11.0 Å². The van der Waals surface area contributed by atoms with Gasteiger partial charge in [-0.3, -0.25) is 4.79 Å². The number of anilines is 1. The summed E-state index contributed by atoms with van der Waals surface area (Å²) in [7, 11) is 0. The summed E-state index contributed by atoms with van der Waals surface area (Å²) in [6.07, 6.45) is 1.35. The molecule has 0 radical (unpaired) electrons. The first-order valence-corrected chi connectivity index (χ1v) is 7.34. The minimum atomic E-state index is -0.543. The molecule has 0 aliphatic heterocycles. The van der Waals surface area contributed by atoms with Gasteiger partial charge in [0.05, 0.1) is 10.0 Å². The van der Waals surface area contributed by atoms with Gasteiger partial charge in [-0.1, -0.05) is 35.3 Å². The molecule has 0 saturated carbocycles. The van der Waals surface area contributed by atoms with Gasteiger partial charge in [-0.2, -0.15) is 5.26 Å². The standard InChI is InChI=1S/C17H12Cl2N2O2/c1-10-3-2-4-13(5-10)21-17(23)12(9-20)6-11-7-14(18)16(22)15(19)8-11/h2-8,22H,1H3,(H,21,23)/b12-6-. The molecule has 2 rings (SSSR count). The SMILES string of the molecule is Cc1cccc(NC(=O)/C(C#N)=C\c2cc(Cl)c(O)c(Cl)c2)c1. The van der Waals surface area contributed by atoms with Crippen LogP contribution < -0.4 is 5.32 Å². The Labute approximate surface area is 143 Å². The summed E-state index contributed by atoms with van der Waals surface area (Å²) in [6.45, 7) is 1.90. The fraction of sp³-hybridized carbons (Fsp3) is 0.0588. The topological polar surface area (TPSA) is 73.1 Å². The van der Waals surface area contributed by atoms with E-state index in [2.05, 4.69) is 5.32 Å². The fourth-order valence-corrected chi connectivity index (χ4v) is 2.41. The van der Waals surface area contributed by atoms with Gasteiger partial charge in [-0.25, -0.2) is 0 Å². The van der Waals surface area contributed by atoms with E-state index in [9.17, 15) is 15.2 Å². The smallest absolute Gasteiger partial charge is 0.266 e. The van der Waals surface area contributed by atoms with Gasteiger partial charge in [0.15, 0.2) is 5.75 Å². The number of amides is 1. The van der Waals surface area contributed by atoms with Gasteiger partial charge in [-0.15, -0.1) is 0 Å². The van der Waals surface area contributed by atoms with Crippen molar-refractivity contribution >= 4 is 40.9 Å². The van der Waals surface area contributed by atoms with E-state index >= 15 is 0 Å². The normalized spacial score (nSPS) is 11.0. The molecular formula is C17H12Cl2N2O2. The number of hydrogen-bond donors (Lipinski definition) is 2. The molecule has 0 bridgehead atoms. The Bertz CT molecular complexity index is 816. The van der Waals surface area contributed by atoms with Crippen molar-refractivity contribution in [3.8, 4) is 11.8 Å². The molecule has 1 amide bonds. The third-order valence-corrected chi connectivity index (χ3v) is 3.57. The number of aromatic hydroxyl groups is 1. The molecule has 2 aromatic rings.